The maximum atomic E-state index is 14.3. The lowest BCUT2D eigenvalue weighted by Gasteiger charge is -2.55. The maximum absolute atomic E-state index is 14.3. The molecular weight excluding hydrogens is 697 g/mol. The van der Waals surface area contributed by atoms with E-state index < -0.39 is 58.4 Å². The Bertz CT molecular complexity index is 1760. The van der Waals surface area contributed by atoms with E-state index in [4.69, 9.17) is 46.9 Å². The molecule has 13 nitrogen and oxygen atoms in total. The number of nitrogens with zero attached hydrogens (tertiary/aromatic N) is 6. The molecule has 5 atom stereocenters. The van der Waals surface area contributed by atoms with Gasteiger partial charge in [-0.3, -0.25) is 9.59 Å². The molecule has 0 bridgehead atoms. The van der Waals surface area contributed by atoms with Gasteiger partial charge < -0.3 is 28.6 Å². The first-order chi connectivity index (χ1) is 22.9. The van der Waals surface area contributed by atoms with Gasteiger partial charge in [0.1, 0.15) is 64.5 Å². The van der Waals surface area contributed by atoms with Crippen molar-refractivity contribution >= 4 is 52.7 Å². The second-order valence-electron chi connectivity index (χ2n) is 11.7. The van der Waals surface area contributed by atoms with E-state index in [0.29, 0.717) is 37.0 Å². The molecule has 2 unspecified atom stereocenters. The fourth-order valence-corrected chi connectivity index (χ4v) is 7.62. The first kappa shape index (κ1) is 34.3. The van der Waals surface area contributed by atoms with Crippen molar-refractivity contribution in [1.29, 1.82) is 5.26 Å². The Hall–Kier alpha value is -3.59. The maximum Gasteiger partial charge on any atom is 0.303 e. The summed E-state index contributed by atoms with van der Waals surface area (Å²) >= 11 is 13.3. The summed E-state index contributed by atoms with van der Waals surface area (Å²) < 4.78 is 58.8. The lowest BCUT2D eigenvalue weighted by atomic mass is 9.78. The largest absolute Gasteiger partial charge is 0.463 e. The fourth-order valence-electron chi connectivity index (χ4n) is 5.94. The molecule has 5 heterocycles. The average Bonchev–Trinajstić information content (AvgIpc) is 3.48. The number of hydrogen-bond acceptors (Lipinski definition) is 13. The Kier molecular flexibility index (Phi) is 9.81. The molecule has 0 N–H and O–H groups in total. The van der Waals surface area contributed by atoms with Crippen LogP contribution in [0.2, 0.25) is 10.0 Å². The van der Waals surface area contributed by atoms with Crippen LogP contribution in [0.3, 0.4) is 0 Å². The van der Waals surface area contributed by atoms with Crippen molar-refractivity contribution in [2.24, 2.45) is 5.41 Å². The van der Waals surface area contributed by atoms with Crippen LogP contribution in [-0.4, -0.2) is 95.7 Å². The molecule has 2 aromatic heterocycles. The number of hydrogen-bond donors (Lipinski definition) is 0. The summed E-state index contributed by atoms with van der Waals surface area (Å²) in [6.07, 6.45) is -1.68. The molecule has 0 aliphatic carbocycles. The number of esters is 2. The molecule has 3 saturated heterocycles. The van der Waals surface area contributed by atoms with E-state index in [2.05, 4.69) is 15.3 Å². The van der Waals surface area contributed by atoms with Crippen molar-refractivity contribution in [3.8, 4) is 17.3 Å². The number of methoxy groups -OCH3 is 1. The molecule has 3 fully saturated rings. The molecule has 0 amide bonds. The van der Waals surface area contributed by atoms with Gasteiger partial charge in [-0.15, -0.1) is 5.10 Å². The topological polar surface area (TPSA) is 151 Å². The van der Waals surface area contributed by atoms with Gasteiger partial charge in [0, 0.05) is 39.6 Å². The SMILES string of the molecule is CO[C@H]1C(n2cc(-c3cc(F)c(Cl)c(F)c3)nn2)[C@@H](OC(C)=O)C(COC(C)=O)O[C@@H]1Sc1cc(Cl)c(C#N)nc1N1CC2(COC2)C1. The zero-order valence-electron chi connectivity index (χ0n) is 25.7. The van der Waals surface area contributed by atoms with Crippen molar-refractivity contribution in [2.75, 3.05) is 44.9 Å². The Morgan fingerprint density at radius 2 is 1.85 bits per heavy atom. The number of benzene rings is 1. The monoisotopic (exact) mass is 724 g/mol. The van der Waals surface area contributed by atoms with E-state index in [1.807, 2.05) is 11.0 Å². The van der Waals surface area contributed by atoms with E-state index in [-0.39, 0.29) is 34.0 Å². The lowest BCUT2D eigenvalue weighted by Crippen LogP contribution is -2.66. The fraction of sp³-hybridized carbons (Fsp3) is 0.467. The molecule has 0 radical (unpaired) electrons. The van der Waals surface area contributed by atoms with Gasteiger partial charge in [-0.1, -0.05) is 40.2 Å². The number of halogens is 4. The quantitative estimate of drug-likeness (QED) is 0.229. The predicted octanol–water partition coefficient (Wildman–Crippen LogP) is 4.20. The summed E-state index contributed by atoms with van der Waals surface area (Å²) in [5.41, 5.74) is -0.659. The third-order valence-electron chi connectivity index (χ3n) is 8.18. The molecule has 0 saturated carbocycles. The summed E-state index contributed by atoms with van der Waals surface area (Å²) in [7, 11) is 1.42. The number of thioether (sulfide) groups is 1. The van der Waals surface area contributed by atoms with E-state index in [0.717, 1.165) is 12.1 Å². The minimum Gasteiger partial charge on any atom is -0.463 e. The Balaban J connectivity index is 1.39. The number of pyridine rings is 1. The number of carbonyl (C=O) groups is 2. The summed E-state index contributed by atoms with van der Waals surface area (Å²) in [4.78, 5) is 31.4. The van der Waals surface area contributed by atoms with Crippen LogP contribution < -0.4 is 4.90 Å². The highest BCUT2D eigenvalue weighted by atomic mass is 35.5. The second kappa shape index (κ2) is 13.7. The minimum absolute atomic E-state index is 0.0324. The van der Waals surface area contributed by atoms with E-state index in [9.17, 15) is 23.6 Å². The summed E-state index contributed by atoms with van der Waals surface area (Å²) in [5.74, 6) is -2.72. The second-order valence-corrected chi connectivity index (χ2v) is 13.6. The molecule has 1 spiro atoms. The number of rotatable bonds is 9. The van der Waals surface area contributed by atoms with Gasteiger partial charge in [-0.2, -0.15) is 5.26 Å². The molecule has 3 aromatic rings. The number of aromatic nitrogens is 4. The first-order valence-corrected chi connectivity index (χ1v) is 16.2. The summed E-state index contributed by atoms with van der Waals surface area (Å²) in [6, 6.07) is 4.72. The van der Waals surface area contributed by atoms with Gasteiger partial charge in [0.05, 0.1) is 34.7 Å². The molecular formula is C30H28Cl2F2N6O7S. The standard InChI is InChI=1S/C30H28Cl2F2N6O7S/c1-14(41)45-9-22-26(46-15(2)42)25(40-8-21(37-38-40)16-4-18(33)24(32)19(34)5-16)27(43-3)29(47-22)48-23-6-17(31)20(7-35)36-28(23)39-10-30(11-39)12-44-13-30/h4-6,8,22,25-27,29H,9-13H2,1-3H3/t22?,25?,26-,27-,29+/m0/s1. The number of ether oxygens (including phenoxy) is 5. The van der Waals surface area contributed by atoms with Crippen LogP contribution in [0.4, 0.5) is 14.6 Å². The molecule has 3 aliphatic heterocycles. The Morgan fingerprint density at radius 3 is 2.44 bits per heavy atom. The number of anilines is 1. The van der Waals surface area contributed by atoms with Crippen LogP contribution in [0.25, 0.3) is 11.3 Å². The van der Waals surface area contributed by atoms with Crippen LogP contribution in [-0.2, 0) is 33.3 Å². The Morgan fingerprint density at radius 1 is 1.15 bits per heavy atom. The third kappa shape index (κ3) is 6.67. The molecule has 3 aliphatic rings. The van der Waals surface area contributed by atoms with Crippen LogP contribution in [0.5, 0.6) is 0 Å². The van der Waals surface area contributed by atoms with Crippen molar-refractivity contribution in [1.82, 2.24) is 20.0 Å². The summed E-state index contributed by atoms with van der Waals surface area (Å²) in [6.45, 7) is 4.72. The normalized spacial score (nSPS) is 24.4. The van der Waals surface area contributed by atoms with Gasteiger partial charge in [-0.05, 0) is 18.2 Å². The molecule has 48 heavy (non-hydrogen) atoms. The van der Waals surface area contributed by atoms with Crippen LogP contribution in [0, 0.1) is 28.4 Å². The van der Waals surface area contributed by atoms with E-state index in [1.54, 1.807) is 6.07 Å². The molecule has 6 rings (SSSR count). The highest BCUT2D eigenvalue weighted by molar-refractivity contribution is 8.00. The number of carbonyl (C=O) groups excluding carboxylic acids is 2. The zero-order chi connectivity index (χ0) is 34.3. The zero-order valence-corrected chi connectivity index (χ0v) is 28.0. The average molecular weight is 726 g/mol. The lowest BCUT2D eigenvalue weighted by molar-refractivity contribution is -0.208. The predicted molar refractivity (Wildman–Crippen MR) is 166 cm³/mol. The number of nitriles is 1. The molecule has 254 valence electrons. The van der Waals surface area contributed by atoms with Crippen LogP contribution >= 0.6 is 35.0 Å². The van der Waals surface area contributed by atoms with Gasteiger partial charge in [0.15, 0.2) is 11.8 Å². The first-order valence-electron chi connectivity index (χ1n) is 14.6. The van der Waals surface area contributed by atoms with Gasteiger partial charge in [0.25, 0.3) is 0 Å². The molecule has 1 aromatic carbocycles. The van der Waals surface area contributed by atoms with Crippen molar-refractivity contribution in [3.63, 3.8) is 0 Å². The van der Waals surface area contributed by atoms with Gasteiger partial charge in [-0.25, -0.2) is 18.4 Å². The van der Waals surface area contributed by atoms with Crippen LogP contribution in [0.1, 0.15) is 25.6 Å². The minimum atomic E-state index is -1.13. The van der Waals surface area contributed by atoms with E-state index >= 15 is 0 Å². The van der Waals surface area contributed by atoms with Crippen LogP contribution in [0.15, 0.2) is 29.3 Å². The van der Waals surface area contributed by atoms with Gasteiger partial charge in [0.2, 0.25) is 0 Å². The molecule has 18 heteroatoms. The highest BCUT2D eigenvalue weighted by Crippen LogP contribution is 2.47. The Labute approximate surface area is 287 Å². The smallest absolute Gasteiger partial charge is 0.303 e. The van der Waals surface area contributed by atoms with Crippen molar-refractivity contribution in [3.05, 3.63) is 51.8 Å². The van der Waals surface area contributed by atoms with Crippen molar-refractivity contribution < 1.29 is 42.1 Å². The summed E-state index contributed by atoms with van der Waals surface area (Å²) in [5, 5.41) is 17.5. The van der Waals surface area contributed by atoms with Gasteiger partial charge >= 0.3 is 11.9 Å². The van der Waals surface area contributed by atoms with Crippen molar-refractivity contribution in [2.45, 2.75) is 48.5 Å². The third-order valence-corrected chi connectivity index (χ3v) is 9.99. The highest BCUT2D eigenvalue weighted by Gasteiger charge is 2.52. The van der Waals surface area contributed by atoms with E-state index in [1.165, 1.54) is 43.6 Å².